The molecule has 0 aliphatic carbocycles. The lowest BCUT2D eigenvalue weighted by Gasteiger charge is -2.19. The number of benzene rings is 1. The van der Waals surface area contributed by atoms with Gasteiger partial charge in [-0.1, -0.05) is 95.5 Å². The zero-order valence-electron chi connectivity index (χ0n) is 14.2. The van der Waals surface area contributed by atoms with Gasteiger partial charge in [-0.25, -0.2) is 0 Å². The standard InChI is InChI=1S/C20H35N/c1-3-5-7-8-9-14-18-21-20(17-11-6-4-2)19-15-12-10-13-16-19/h10,12-13,15-16,20-21H,3-9,11,14,17-18H2,1-2H3. The summed E-state index contributed by atoms with van der Waals surface area (Å²) in [6, 6.07) is 11.5. The van der Waals surface area contributed by atoms with E-state index in [4.69, 9.17) is 0 Å². The van der Waals surface area contributed by atoms with Crippen molar-refractivity contribution in [2.75, 3.05) is 6.54 Å². The Morgan fingerprint density at radius 2 is 1.38 bits per heavy atom. The predicted molar refractivity (Wildman–Crippen MR) is 94.7 cm³/mol. The molecule has 21 heavy (non-hydrogen) atoms. The van der Waals surface area contributed by atoms with E-state index in [1.54, 1.807) is 0 Å². The topological polar surface area (TPSA) is 12.0 Å². The average Bonchev–Trinajstić information content (AvgIpc) is 2.53. The second-order valence-corrected chi connectivity index (χ2v) is 6.18. The van der Waals surface area contributed by atoms with Gasteiger partial charge in [0.1, 0.15) is 0 Å². The van der Waals surface area contributed by atoms with Gasteiger partial charge in [-0.2, -0.15) is 0 Å². The van der Waals surface area contributed by atoms with Crippen molar-refractivity contribution in [1.82, 2.24) is 5.32 Å². The lowest BCUT2D eigenvalue weighted by atomic mass is 10.00. The van der Waals surface area contributed by atoms with Gasteiger partial charge < -0.3 is 5.32 Å². The molecule has 0 heterocycles. The molecule has 0 spiro atoms. The van der Waals surface area contributed by atoms with Crippen molar-refractivity contribution >= 4 is 0 Å². The van der Waals surface area contributed by atoms with Crippen molar-refractivity contribution in [2.45, 2.75) is 84.1 Å². The fourth-order valence-corrected chi connectivity index (χ4v) is 2.85. The van der Waals surface area contributed by atoms with Gasteiger partial charge in [-0.05, 0) is 24.9 Å². The maximum atomic E-state index is 3.79. The maximum absolute atomic E-state index is 3.79. The van der Waals surface area contributed by atoms with Crippen molar-refractivity contribution in [3.8, 4) is 0 Å². The van der Waals surface area contributed by atoms with E-state index in [1.165, 1.54) is 69.8 Å². The van der Waals surface area contributed by atoms with E-state index >= 15 is 0 Å². The van der Waals surface area contributed by atoms with Crippen LogP contribution >= 0.6 is 0 Å². The first kappa shape index (κ1) is 18.2. The monoisotopic (exact) mass is 289 g/mol. The molecular weight excluding hydrogens is 254 g/mol. The normalized spacial score (nSPS) is 12.5. The third-order valence-electron chi connectivity index (χ3n) is 4.22. The smallest absolute Gasteiger partial charge is 0.0320 e. The van der Waals surface area contributed by atoms with Crippen LogP contribution in [0.4, 0.5) is 0 Å². The van der Waals surface area contributed by atoms with Crippen molar-refractivity contribution < 1.29 is 0 Å². The first-order valence-electron chi connectivity index (χ1n) is 9.16. The second kappa shape index (κ2) is 12.9. The van der Waals surface area contributed by atoms with E-state index in [9.17, 15) is 0 Å². The molecule has 0 aromatic heterocycles. The summed E-state index contributed by atoms with van der Waals surface area (Å²) >= 11 is 0. The van der Waals surface area contributed by atoms with Gasteiger partial charge in [-0.3, -0.25) is 0 Å². The van der Waals surface area contributed by atoms with E-state index in [1.807, 2.05) is 0 Å². The Morgan fingerprint density at radius 1 is 0.762 bits per heavy atom. The first-order valence-corrected chi connectivity index (χ1v) is 9.16. The lowest BCUT2D eigenvalue weighted by molar-refractivity contribution is 0.460. The van der Waals surface area contributed by atoms with E-state index in [0.717, 1.165) is 6.54 Å². The minimum absolute atomic E-state index is 0.549. The Bertz CT molecular complexity index is 320. The molecule has 0 aliphatic heterocycles. The highest BCUT2D eigenvalue weighted by Crippen LogP contribution is 2.20. The van der Waals surface area contributed by atoms with Gasteiger partial charge in [0, 0.05) is 6.04 Å². The quantitative estimate of drug-likeness (QED) is 0.423. The fraction of sp³-hybridized carbons (Fsp3) is 0.700. The van der Waals surface area contributed by atoms with Crippen molar-refractivity contribution in [2.24, 2.45) is 0 Å². The summed E-state index contributed by atoms with van der Waals surface area (Å²) in [5.41, 5.74) is 1.46. The molecule has 0 bridgehead atoms. The van der Waals surface area contributed by atoms with Gasteiger partial charge in [0.05, 0.1) is 0 Å². The molecule has 1 nitrogen and oxygen atoms in total. The Labute approximate surface area is 132 Å². The van der Waals surface area contributed by atoms with Crippen LogP contribution in [0.2, 0.25) is 0 Å². The van der Waals surface area contributed by atoms with Gasteiger partial charge in [0.15, 0.2) is 0 Å². The summed E-state index contributed by atoms with van der Waals surface area (Å²) in [4.78, 5) is 0. The number of hydrogen-bond donors (Lipinski definition) is 1. The van der Waals surface area contributed by atoms with Crippen LogP contribution in [0.5, 0.6) is 0 Å². The largest absolute Gasteiger partial charge is 0.310 e. The molecule has 1 aromatic carbocycles. The zero-order valence-corrected chi connectivity index (χ0v) is 14.2. The van der Waals surface area contributed by atoms with Gasteiger partial charge in [0.2, 0.25) is 0 Å². The minimum atomic E-state index is 0.549. The Morgan fingerprint density at radius 3 is 2.10 bits per heavy atom. The van der Waals surface area contributed by atoms with E-state index < -0.39 is 0 Å². The average molecular weight is 290 g/mol. The fourth-order valence-electron chi connectivity index (χ4n) is 2.85. The van der Waals surface area contributed by atoms with Crippen LogP contribution in [0.15, 0.2) is 30.3 Å². The van der Waals surface area contributed by atoms with Crippen molar-refractivity contribution in [3.05, 3.63) is 35.9 Å². The number of hydrogen-bond acceptors (Lipinski definition) is 1. The van der Waals surface area contributed by atoms with E-state index in [0.29, 0.717) is 6.04 Å². The van der Waals surface area contributed by atoms with Crippen LogP contribution in [0.3, 0.4) is 0 Å². The molecule has 1 atom stereocenters. The lowest BCUT2D eigenvalue weighted by Crippen LogP contribution is -2.22. The minimum Gasteiger partial charge on any atom is -0.310 e. The molecule has 0 saturated carbocycles. The summed E-state index contributed by atoms with van der Waals surface area (Å²) in [5, 5.41) is 3.79. The Hall–Kier alpha value is -0.820. The van der Waals surface area contributed by atoms with Crippen molar-refractivity contribution in [1.29, 1.82) is 0 Å². The number of unbranched alkanes of at least 4 members (excludes halogenated alkanes) is 7. The van der Waals surface area contributed by atoms with Crippen molar-refractivity contribution in [3.63, 3.8) is 0 Å². The van der Waals surface area contributed by atoms with E-state index in [-0.39, 0.29) is 0 Å². The molecule has 120 valence electrons. The highest BCUT2D eigenvalue weighted by Gasteiger charge is 2.09. The molecule has 0 amide bonds. The van der Waals surface area contributed by atoms with Gasteiger partial charge >= 0.3 is 0 Å². The SMILES string of the molecule is CCCCCCCCNC(CCCCC)c1ccccc1. The third-order valence-corrected chi connectivity index (χ3v) is 4.22. The van der Waals surface area contributed by atoms with Crippen LogP contribution < -0.4 is 5.32 Å². The maximum Gasteiger partial charge on any atom is 0.0320 e. The van der Waals surface area contributed by atoms with Crippen LogP contribution in [0, 0.1) is 0 Å². The number of rotatable bonds is 13. The number of nitrogens with one attached hydrogen (secondary N) is 1. The van der Waals surface area contributed by atoms with Crippen LogP contribution in [0.1, 0.15) is 89.7 Å². The predicted octanol–water partition coefficient (Wildman–Crippen LogP) is 6.26. The summed E-state index contributed by atoms with van der Waals surface area (Å²) in [7, 11) is 0. The first-order chi connectivity index (χ1) is 10.4. The molecule has 1 rings (SSSR count). The Balaban J connectivity index is 2.26. The molecule has 0 radical (unpaired) electrons. The second-order valence-electron chi connectivity index (χ2n) is 6.18. The summed E-state index contributed by atoms with van der Waals surface area (Å²) in [6.45, 7) is 5.72. The summed E-state index contributed by atoms with van der Waals surface area (Å²) in [5.74, 6) is 0. The molecular formula is C20H35N. The molecule has 1 N–H and O–H groups in total. The third kappa shape index (κ3) is 8.93. The molecule has 0 fully saturated rings. The Kier molecular flexibility index (Phi) is 11.2. The van der Waals surface area contributed by atoms with Crippen LogP contribution in [-0.4, -0.2) is 6.54 Å². The van der Waals surface area contributed by atoms with E-state index in [2.05, 4.69) is 49.5 Å². The molecule has 0 aliphatic rings. The zero-order chi connectivity index (χ0) is 15.2. The van der Waals surface area contributed by atoms with Crippen LogP contribution in [0.25, 0.3) is 0 Å². The molecule has 0 saturated heterocycles. The van der Waals surface area contributed by atoms with Gasteiger partial charge in [0.25, 0.3) is 0 Å². The van der Waals surface area contributed by atoms with Gasteiger partial charge in [-0.15, -0.1) is 0 Å². The molecule has 1 unspecified atom stereocenters. The molecule has 1 aromatic rings. The highest BCUT2D eigenvalue weighted by molar-refractivity contribution is 5.18. The highest BCUT2D eigenvalue weighted by atomic mass is 14.9. The molecule has 1 heteroatoms. The van der Waals surface area contributed by atoms with Crippen LogP contribution in [-0.2, 0) is 0 Å². The summed E-state index contributed by atoms with van der Waals surface area (Å²) < 4.78 is 0. The summed E-state index contributed by atoms with van der Waals surface area (Å²) in [6.07, 6.45) is 13.5.